The Hall–Kier alpha value is -2.93. The fourth-order valence-electron chi connectivity index (χ4n) is 4.42. The number of hydrogen-bond donors (Lipinski definition) is 1. The van der Waals surface area contributed by atoms with Crippen molar-refractivity contribution in [3.63, 3.8) is 0 Å². The van der Waals surface area contributed by atoms with Crippen molar-refractivity contribution in [2.45, 2.75) is 26.1 Å². The van der Waals surface area contributed by atoms with Crippen molar-refractivity contribution in [3.8, 4) is 0 Å². The molecule has 0 spiro atoms. The maximum absolute atomic E-state index is 12.7. The van der Waals surface area contributed by atoms with E-state index in [-0.39, 0.29) is 5.91 Å². The van der Waals surface area contributed by atoms with Crippen molar-refractivity contribution in [1.29, 1.82) is 0 Å². The van der Waals surface area contributed by atoms with Gasteiger partial charge in [0.15, 0.2) is 0 Å². The largest absolute Gasteiger partial charge is 0.472 e. The minimum Gasteiger partial charge on any atom is -0.472 e. The van der Waals surface area contributed by atoms with E-state index in [0.29, 0.717) is 24.2 Å². The van der Waals surface area contributed by atoms with Gasteiger partial charge in [-0.2, -0.15) is 0 Å². The summed E-state index contributed by atoms with van der Waals surface area (Å²) in [5.74, 6) is 2.29. The summed E-state index contributed by atoms with van der Waals surface area (Å²) >= 11 is 0. The number of likely N-dealkylation sites (tertiary alicyclic amines) is 1. The van der Waals surface area contributed by atoms with Crippen LogP contribution in [-0.4, -0.2) is 38.7 Å². The van der Waals surface area contributed by atoms with E-state index in [0.717, 1.165) is 44.0 Å². The van der Waals surface area contributed by atoms with Gasteiger partial charge in [0, 0.05) is 44.7 Å². The lowest BCUT2D eigenvalue weighted by molar-refractivity contribution is 0.0932. The van der Waals surface area contributed by atoms with E-state index < -0.39 is 0 Å². The number of amides is 1. The first-order valence-electron chi connectivity index (χ1n) is 9.74. The van der Waals surface area contributed by atoms with E-state index in [1.54, 1.807) is 6.26 Å². The predicted molar refractivity (Wildman–Crippen MR) is 102 cm³/mol. The van der Waals surface area contributed by atoms with E-state index in [1.165, 1.54) is 5.56 Å². The molecule has 0 bridgehead atoms. The van der Waals surface area contributed by atoms with E-state index in [1.807, 2.05) is 47.2 Å². The number of aromatic nitrogens is 3. The Morgan fingerprint density at radius 2 is 1.93 bits per heavy atom. The Kier molecular flexibility index (Phi) is 4.44. The van der Waals surface area contributed by atoms with Gasteiger partial charge in [-0.05, 0) is 23.5 Å². The highest BCUT2D eigenvalue weighted by Crippen LogP contribution is 2.33. The normalized spacial score (nSPS) is 21.3. The first kappa shape index (κ1) is 17.2. The van der Waals surface area contributed by atoms with Gasteiger partial charge in [0.2, 0.25) is 5.82 Å². The number of nitrogens with zero attached hydrogens (tertiary/aromatic N) is 4. The molecule has 7 heteroatoms. The molecule has 2 aliphatic rings. The predicted octanol–water partition coefficient (Wildman–Crippen LogP) is 2.11. The molecule has 0 unspecified atom stereocenters. The van der Waals surface area contributed by atoms with Crippen LogP contribution in [0.5, 0.6) is 0 Å². The average molecular weight is 377 g/mol. The molecule has 1 saturated heterocycles. The quantitative estimate of drug-likeness (QED) is 0.737. The Bertz CT molecular complexity index is 951. The van der Waals surface area contributed by atoms with Gasteiger partial charge in [0.25, 0.3) is 5.91 Å². The Labute approximate surface area is 163 Å². The second-order valence-corrected chi connectivity index (χ2v) is 7.77. The molecule has 144 valence electrons. The van der Waals surface area contributed by atoms with Crippen LogP contribution < -0.4 is 5.32 Å². The van der Waals surface area contributed by atoms with Crippen molar-refractivity contribution in [2.75, 3.05) is 13.1 Å². The van der Waals surface area contributed by atoms with E-state index in [9.17, 15) is 4.79 Å². The molecule has 1 N–H and O–H groups in total. The first-order chi connectivity index (χ1) is 13.8. The maximum Gasteiger partial charge on any atom is 0.289 e. The van der Waals surface area contributed by atoms with E-state index >= 15 is 0 Å². The lowest BCUT2D eigenvalue weighted by atomic mass is 9.89. The van der Waals surface area contributed by atoms with Crippen LogP contribution in [0.1, 0.15) is 27.6 Å². The number of furan rings is 1. The summed E-state index contributed by atoms with van der Waals surface area (Å²) in [5.41, 5.74) is 2.28. The summed E-state index contributed by atoms with van der Waals surface area (Å²) in [4.78, 5) is 15.1. The summed E-state index contributed by atoms with van der Waals surface area (Å²) in [6.07, 6.45) is 4.41. The molecule has 5 rings (SSSR count). The maximum atomic E-state index is 12.7. The molecule has 7 nitrogen and oxygen atoms in total. The molecule has 1 aromatic carbocycles. The Morgan fingerprint density at radius 1 is 1.07 bits per heavy atom. The van der Waals surface area contributed by atoms with Gasteiger partial charge in [0.05, 0.1) is 12.5 Å². The lowest BCUT2D eigenvalue weighted by Gasteiger charge is -2.25. The number of carbonyl (C=O) groups excluding carboxylic acids is 1. The van der Waals surface area contributed by atoms with Gasteiger partial charge < -0.3 is 14.3 Å². The molecule has 1 fully saturated rings. The highest BCUT2D eigenvalue weighted by atomic mass is 16.3. The van der Waals surface area contributed by atoms with Gasteiger partial charge in [-0.15, -0.1) is 10.2 Å². The van der Waals surface area contributed by atoms with Crippen molar-refractivity contribution < 1.29 is 9.21 Å². The molecule has 0 aliphatic carbocycles. The molecule has 0 radical (unpaired) electrons. The summed E-state index contributed by atoms with van der Waals surface area (Å²) in [6, 6.07) is 11.9. The fourth-order valence-corrected chi connectivity index (χ4v) is 4.42. The molecule has 0 saturated carbocycles. The van der Waals surface area contributed by atoms with Crippen molar-refractivity contribution in [1.82, 2.24) is 25.0 Å². The third kappa shape index (κ3) is 3.33. The van der Waals surface area contributed by atoms with E-state index in [4.69, 9.17) is 4.42 Å². The standard InChI is InChI=1S/C21H23N5O2/c27-21(22-9-15-4-2-1-3-5-15)20-24-23-19-8-17-11-25(10-16-6-7-28-14-16)12-18(17)13-26(19)20/h1-7,14,17-18H,8-13H2,(H,22,27)/t17-,18-/m0/s1. The highest BCUT2D eigenvalue weighted by molar-refractivity contribution is 5.90. The highest BCUT2D eigenvalue weighted by Gasteiger charge is 2.39. The molecular formula is C21H23N5O2. The Morgan fingerprint density at radius 3 is 2.75 bits per heavy atom. The van der Waals surface area contributed by atoms with Crippen LogP contribution in [0.25, 0.3) is 0 Å². The molecule has 3 aromatic rings. The molecule has 28 heavy (non-hydrogen) atoms. The molecule has 1 amide bonds. The number of carbonyl (C=O) groups is 1. The van der Waals surface area contributed by atoms with Crippen molar-refractivity contribution >= 4 is 5.91 Å². The third-order valence-electron chi connectivity index (χ3n) is 5.83. The molecule has 2 atom stereocenters. The average Bonchev–Trinajstić information content (AvgIpc) is 3.44. The monoisotopic (exact) mass is 377 g/mol. The van der Waals surface area contributed by atoms with Gasteiger partial charge in [-0.1, -0.05) is 30.3 Å². The minimum absolute atomic E-state index is 0.158. The van der Waals surface area contributed by atoms with Crippen LogP contribution in [-0.2, 0) is 26.1 Å². The fraction of sp³-hybridized carbons (Fsp3) is 0.381. The first-order valence-corrected chi connectivity index (χ1v) is 9.74. The SMILES string of the molecule is O=C(NCc1ccccc1)c1nnc2n1C[C@@H]1CN(Cc3ccoc3)C[C@@H]1C2. The van der Waals surface area contributed by atoms with Gasteiger partial charge >= 0.3 is 0 Å². The van der Waals surface area contributed by atoms with Gasteiger partial charge in [0.1, 0.15) is 5.82 Å². The smallest absolute Gasteiger partial charge is 0.289 e. The zero-order valence-electron chi connectivity index (χ0n) is 15.6. The molecule has 2 aromatic heterocycles. The van der Waals surface area contributed by atoms with E-state index in [2.05, 4.69) is 20.4 Å². The van der Waals surface area contributed by atoms with Crippen molar-refractivity contribution in [3.05, 3.63) is 71.7 Å². The van der Waals surface area contributed by atoms with Crippen LogP contribution in [0.2, 0.25) is 0 Å². The Balaban J connectivity index is 1.25. The van der Waals surface area contributed by atoms with Gasteiger partial charge in [-0.25, -0.2) is 0 Å². The van der Waals surface area contributed by atoms with Crippen LogP contribution in [0.4, 0.5) is 0 Å². The molecular weight excluding hydrogens is 354 g/mol. The summed E-state index contributed by atoms with van der Waals surface area (Å²) in [6.45, 7) is 4.29. The van der Waals surface area contributed by atoms with Gasteiger partial charge in [-0.3, -0.25) is 9.69 Å². The van der Waals surface area contributed by atoms with Crippen LogP contribution in [0.3, 0.4) is 0 Å². The minimum atomic E-state index is -0.158. The summed E-state index contributed by atoms with van der Waals surface area (Å²) in [7, 11) is 0. The number of fused-ring (bicyclic) bond motifs is 2. The summed E-state index contributed by atoms with van der Waals surface area (Å²) < 4.78 is 7.20. The number of benzene rings is 1. The zero-order chi connectivity index (χ0) is 18.9. The third-order valence-corrected chi connectivity index (χ3v) is 5.83. The van der Waals surface area contributed by atoms with Crippen LogP contribution in [0.15, 0.2) is 53.3 Å². The molecule has 2 aliphatic heterocycles. The van der Waals surface area contributed by atoms with Crippen LogP contribution >= 0.6 is 0 Å². The van der Waals surface area contributed by atoms with Crippen molar-refractivity contribution in [2.24, 2.45) is 11.8 Å². The number of nitrogens with one attached hydrogen (secondary N) is 1. The topological polar surface area (TPSA) is 76.2 Å². The summed E-state index contributed by atoms with van der Waals surface area (Å²) in [5, 5.41) is 11.5. The zero-order valence-corrected chi connectivity index (χ0v) is 15.6. The molecule has 4 heterocycles. The number of rotatable bonds is 5. The lowest BCUT2D eigenvalue weighted by Crippen LogP contribution is -2.32. The number of hydrogen-bond acceptors (Lipinski definition) is 5. The second kappa shape index (κ2) is 7.24. The second-order valence-electron chi connectivity index (χ2n) is 7.77. The van der Waals surface area contributed by atoms with Crippen LogP contribution in [0, 0.1) is 11.8 Å².